The van der Waals surface area contributed by atoms with Crippen LogP contribution in [0, 0.1) is 0 Å². The Morgan fingerprint density at radius 1 is 1.69 bits per heavy atom. The van der Waals surface area contributed by atoms with Gasteiger partial charge in [-0.05, 0) is 20.1 Å². The molecule has 0 atom stereocenters. The number of nitrogens with one attached hydrogen (secondary N) is 1. The number of nitrogens with zero attached hydrogens (tertiary/aromatic N) is 1. The van der Waals surface area contributed by atoms with Crippen molar-refractivity contribution >= 4 is 35.7 Å². The Morgan fingerprint density at radius 2 is 2.19 bits per heavy atom. The summed E-state index contributed by atoms with van der Waals surface area (Å²) in [6, 6.07) is 0. The number of alkyl halides is 1. The minimum atomic E-state index is -0.553. The Bertz CT molecular complexity index is 233. The minimum absolute atomic E-state index is 0.103. The van der Waals surface area contributed by atoms with Gasteiger partial charge in [0.2, 0.25) is 0 Å². The molecule has 1 amide bonds. The molecule has 0 bridgehead atoms. The molecule has 0 saturated carbocycles. The summed E-state index contributed by atoms with van der Waals surface area (Å²) >= 11 is 6.69. The molecule has 0 spiro atoms. The number of oxime groups is 1. The Hall–Kier alpha value is -0.680. The highest BCUT2D eigenvalue weighted by Crippen LogP contribution is 2.17. The Kier molecular flexibility index (Phi) is 12.0. The van der Waals surface area contributed by atoms with Crippen LogP contribution < -0.4 is 5.32 Å². The van der Waals surface area contributed by atoms with E-state index in [-0.39, 0.29) is 4.75 Å². The third-order valence-electron chi connectivity index (χ3n) is 1.34. The van der Waals surface area contributed by atoms with Gasteiger partial charge >= 0.3 is 6.09 Å². The molecule has 0 aliphatic carbocycles. The summed E-state index contributed by atoms with van der Waals surface area (Å²) in [5.74, 6) is 0.556. The lowest BCUT2D eigenvalue weighted by atomic mass is 10.2. The Labute approximate surface area is 106 Å². The third-order valence-corrected chi connectivity index (χ3v) is 2.71. The van der Waals surface area contributed by atoms with Crippen LogP contribution in [0.1, 0.15) is 13.8 Å². The van der Waals surface area contributed by atoms with Crippen LogP contribution in [0.2, 0.25) is 0 Å². The van der Waals surface area contributed by atoms with E-state index in [1.54, 1.807) is 24.1 Å². The van der Waals surface area contributed by atoms with Gasteiger partial charge in [0.25, 0.3) is 0 Å². The number of hydrogen-bond acceptors (Lipinski definition) is 4. The van der Waals surface area contributed by atoms with Crippen molar-refractivity contribution in [3.63, 3.8) is 0 Å². The summed E-state index contributed by atoms with van der Waals surface area (Å²) in [4.78, 5) is 15.0. The monoisotopic (exact) mass is 266 g/mol. The van der Waals surface area contributed by atoms with Crippen LogP contribution in [0.25, 0.3) is 0 Å². The van der Waals surface area contributed by atoms with Crippen LogP contribution in [-0.2, 0) is 4.84 Å². The van der Waals surface area contributed by atoms with E-state index in [0.717, 1.165) is 0 Å². The fraction of sp³-hybridized carbons (Fsp3) is 0.600. The number of allylic oxidation sites excluding steroid dienone is 1. The van der Waals surface area contributed by atoms with Crippen LogP contribution in [0.15, 0.2) is 17.8 Å². The van der Waals surface area contributed by atoms with Gasteiger partial charge in [0.1, 0.15) is 0 Å². The van der Waals surface area contributed by atoms with E-state index in [0.29, 0.717) is 5.88 Å². The molecule has 0 unspecified atom stereocenters. The summed E-state index contributed by atoms with van der Waals surface area (Å²) in [6.07, 6.45) is 4.64. The van der Waals surface area contributed by atoms with Crippen LogP contribution in [0.4, 0.5) is 4.79 Å². The average molecular weight is 267 g/mol. The number of carbonyl (C=O) groups is 1. The van der Waals surface area contributed by atoms with Gasteiger partial charge in [0.15, 0.2) is 0 Å². The summed E-state index contributed by atoms with van der Waals surface area (Å²) in [6.45, 7) is 7.31. The van der Waals surface area contributed by atoms with Crippen LogP contribution in [0.5, 0.6) is 0 Å². The van der Waals surface area contributed by atoms with Crippen molar-refractivity contribution in [3.8, 4) is 0 Å². The number of amides is 1. The SMILES string of the molecule is C=CCCl.CNC(=O)O/N=C/C(C)(C)SC. The first kappa shape index (κ1) is 17.7. The predicted octanol–water partition coefficient (Wildman–Crippen LogP) is 2.88. The maximum Gasteiger partial charge on any atom is 0.433 e. The number of thioether (sulfide) groups is 1. The largest absolute Gasteiger partial charge is 0.433 e. The highest BCUT2D eigenvalue weighted by molar-refractivity contribution is 8.00. The number of rotatable bonds is 4. The highest BCUT2D eigenvalue weighted by Gasteiger charge is 2.12. The molecule has 0 saturated heterocycles. The maximum atomic E-state index is 10.5. The molecular formula is C10H19ClN2O2S. The lowest BCUT2D eigenvalue weighted by Crippen LogP contribution is -2.19. The van der Waals surface area contributed by atoms with Crippen molar-refractivity contribution in [2.24, 2.45) is 5.16 Å². The molecule has 0 aromatic rings. The second kappa shape index (κ2) is 10.8. The molecule has 0 aromatic heterocycles. The fourth-order valence-corrected chi connectivity index (χ4v) is 0.448. The smallest absolute Gasteiger partial charge is 0.323 e. The van der Waals surface area contributed by atoms with Gasteiger partial charge in [-0.1, -0.05) is 11.2 Å². The van der Waals surface area contributed by atoms with Crippen molar-refractivity contribution in [2.75, 3.05) is 19.2 Å². The maximum absolute atomic E-state index is 10.5. The Balaban J connectivity index is 0. The van der Waals surface area contributed by atoms with Crippen molar-refractivity contribution < 1.29 is 9.63 Å². The van der Waals surface area contributed by atoms with Crippen LogP contribution in [-0.4, -0.2) is 36.2 Å². The zero-order valence-corrected chi connectivity index (χ0v) is 11.7. The Morgan fingerprint density at radius 3 is 2.50 bits per heavy atom. The topological polar surface area (TPSA) is 50.7 Å². The molecule has 0 aliphatic rings. The van der Waals surface area contributed by atoms with Gasteiger partial charge in [-0.15, -0.1) is 18.2 Å². The molecule has 0 rings (SSSR count). The average Bonchev–Trinajstić information content (AvgIpc) is 2.29. The van der Waals surface area contributed by atoms with Gasteiger partial charge in [-0.25, -0.2) is 4.79 Å². The van der Waals surface area contributed by atoms with Crippen molar-refractivity contribution in [1.29, 1.82) is 0 Å². The van der Waals surface area contributed by atoms with Gasteiger partial charge in [-0.3, -0.25) is 4.84 Å². The summed E-state index contributed by atoms with van der Waals surface area (Å²) in [7, 11) is 1.48. The van der Waals surface area contributed by atoms with E-state index in [9.17, 15) is 4.79 Å². The zero-order chi connectivity index (χ0) is 13.0. The van der Waals surface area contributed by atoms with Crippen molar-refractivity contribution in [3.05, 3.63) is 12.7 Å². The molecule has 0 radical (unpaired) electrons. The molecule has 4 nitrogen and oxygen atoms in total. The van der Waals surface area contributed by atoms with E-state index in [1.807, 2.05) is 20.1 Å². The van der Waals surface area contributed by atoms with E-state index >= 15 is 0 Å². The molecular weight excluding hydrogens is 248 g/mol. The number of hydrogen-bond donors (Lipinski definition) is 1. The normalized spacial score (nSPS) is 10.3. The molecule has 16 heavy (non-hydrogen) atoms. The minimum Gasteiger partial charge on any atom is -0.323 e. The molecule has 0 fully saturated rings. The number of halogens is 1. The molecule has 1 N–H and O–H groups in total. The van der Waals surface area contributed by atoms with Crippen LogP contribution >= 0.6 is 23.4 Å². The predicted molar refractivity (Wildman–Crippen MR) is 72.5 cm³/mol. The zero-order valence-electron chi connectivity index (χ0n) is 10.1. The third kappa shape index (κ3) is 13.3. The van der Waals surface area contributed by atoms with Crippen molar-refractivity contribution in [2.45, 2.75) is 18.6 Å². The first-order valence-corrected chi connectivity index (χ1v) is 6.34. The quantitative estimate of drug-likeness (QED) is 0.280. The van der Waals surface area contributed by atoms with Gasteiger partial charge in [0.05, 0.1) is 6.21 Å². The molecule has 0 aliphatic heterocycles. The highest BCUT2D eigenvalue weighted by atomic mass is 35.5. The van der Waals surface area contributed by atoms with Crippen LogP contribution in [0.3, 0.4) is 0 Å². The second-order valence-electron chi connectivity index (χ2n) is 3.11. The van der Waals surface area contributed by atoms with E-state index in [4.69, 9.17) is 11.6 Å². The van der Waals surface area contributed by atoms with Gasteiger partial charge < -0.3 is 5.32 Å². The second-order valence-corrected chi connectivity index (χ2v) is 4.88. The van der Waals surface area contributed by atoms with E-state index in [1.165, 1.54) is 7.05 Å². The standard InChI is InChI=1S/C7H14N2O2S.C3H5Cl/c1-7(2,12-4)5-9-11-6(10)8-3;1-2-3-4/h5H,1-4H3,(H,8,10);2H,1,3H2/b9-5+;. The van der Waals surface area contributed by atoms with Gasteiger partial charge in [0, 0.05) is 17.7 Å². The molecule has 0 heterocycles. The molecule has 94 valence electrons. The lowest BCUT2D eigenvalue weighted by Gasteiger charge is -2.13. The summed E-state index contributed by atoms with van der Waals surface area (Å²) in [5.41, 5.74) is 0. The summed E-state index contributed by atoms with van der Waals surface area (Å²) in [5, 5.41) is 5.81. The fourth-order valence-electron chi connectivity index (χ4n) is 0.299. The first-order chi connectivity index (χ1) is 7.43. The van der Waals surface area contributed by atoms with E-state index in [2.05, 4.69) is 21.9 Å². The number of carbonyl (C=O) groups excluding carboxylic acids is 1. The summed E-state index contributed by atoms with van der Waals surface area (Å²) < 4.78 is -0.103. The lowest BCUT2D eigenvalue weighted by molar-refractivity contribution is 0.153. The van der Waals surface area contributed by atoms with Gasteiger partial charge in [-0.2, -0.15) is 11.8 Å². The van der Waals surface area contributed by atoms with Crippen molar-refractivity contribution in [1.82, 2.24) is 5.32 Å². The molecule has 6 heteroatoms. The first-order valence-electron chi connectivity index (χ1n) is 4.58. The van der Waals surface area contributed by atoms with E-state index < -0.39 is 6.09 Å². The molecule has 0 aromatic carbocycles.